The minimum atomic E-state index is 1.03. The number of fused-ring (bicyclic) bond motifs is 3. The van der Waals surface area contributed by atoms with Crippen molar-refractivity contribution in [3.8, 4) is 0 Å². The summed E-state index contributed by atoms with van der Waals surface area (Å²) in [5, 5.41) is 2.94. The zero-order valence-corrected chi connectivity index (χ0v) is 7.60. The van der Waals surface area contributed by atoms with Crippen molar-refractivity contribution in [2.75, 3.05) is 0 Å². The number of hydrogen-bond acceptors (Lipinski definition) is 1. The van der Waals surface area contributed by atoms with E-state index >= 15 is 0 Å². The molecule has 0 atom stereocenters. The van der Waals surface area contributed by atoms with E-state index in [9.17, 15) is 0 Å². The maximum Gasteiger partial charge on any atom is 0.181 e. The maximum atomic E-state index is 5.13. The second-order valence-corrected chi connectivity index (χ2v) is 3.84. The van der Waals surface area contributed by atoms with Gasteiger partial charge in [-0.15, -0.1) is 0 Å². The molecule has 0 radical (unpaired) electrons. The lowest BCUT2D eigenvalue weighted by Gasteiger charge is -2.10. The molecule has 1 aromatic carbocycles. The van der Waals surface area contributed by atoms with Crippen molar-refractivity contribution in [1.29, 1.82) is 0 Å². The van der Waals surface area contributed by atoms with Crippen LogP contribution in [-0.4, -0.2) is 5.16 Å². The summed E-state index contributed by atoms with van der Waals surface area (Å²) in [4.78, 5) is 0. The van der Waals surface area contributed by atoms with Crippen LogP contribution in [0.15, 0.2) is 16.7 Å². The number of H-pyrrole nitrogens is 1. The fourth-order valence-electron chi connectivity index (χ4n) is 2.24. The highest BCUT2D eigenvalue weighted by atomic mass is 16.5. The smallest absolute Gasteiger partial charge is 0.181 e. The first-order valence-electron chi connectivity index (χ1n) is 5.03. The molecule has 13 heavy (non-hydrogen) atoms. The molecule has 2 nitrogen and oxygen atoms in total. The van der Waals surface area contributed by atoms with Crippen molar-refractivity contribution in [1.82, 2.24) is 5.16 Å². The number of aryl methyl sites for hydroxylation is 2. The first-order valence-corrected chi connectivity index (χ1v) is 5.03. The fraction of sp³-hybridized carbons (Fsp3) is 0.455. The minimum absolute atomic E-state index is 1.03. The molecule has 2 aromatic rings. The van der Waals surface area contributed by atoms with E-state index in [0.717, 1.165) is 5.58 Å². The zero-order chi connectivity index (χ0) is 8.67. The highest BCUT2D eigenvalue weighted by Crippen LogP contribution is 2.28. The van der Waals surface area contributed by atoms with Crippen LogP contribution < -0.4 is 0 Å². The molecule has 1 heterocycles. The lowest BCUT2D eigenvalue weighted by atomic mass is 10.0. The van der Waals surface area contributed by atoms with Gasteiger partial charge in [-0.25, -0.2) is 5.16 Å². The van der Waals surface area contributed by atoms with Gasteiger partial charge < -0.3 is 4.52 Å². The fourth-order valence-corrected chi connectivity index (χ4v) is 2.24. The molecule has 0 aliphatic heterocycles. The number of benzene rings is 1. The molecule has 0 fully saturated rings. The molecule has 3 rings (SSSR count). The van der Waals surface area contributed by atoms with Gasteiger partial charge in [-0.1, -0.05) is 12.5 Å². The van der Waals surface area contributed by atoms with E-state index in [-0.39, 0.29) is 0 Å². The largest absolute Gasteiger partial charge is 0.380 e. The standard InChI is InChI=1S/C11H13NO/c1-2-4-8-6-7-10-11(12-13-10)9(8)5-3-1/h6-7,12H,1-5H2. The van der Waals surface area contributed by atoms with E-state index in [1.807, 2.05) is 0 Å². The molecule has 0 bridgehead atoms. The first-order chi connectivity index (χ1) is 6.45. The number of aromatic amines is 1. The summed E-state index contributed by atoms with van der Waals surface area (Å²) in [6, 6.07) is 4.30. The number of aromatic nitrogens is 1. The Labute approximate surface area is 76.9 Å². The monoisotopic (exact) mass is 175 g/mol. The van der Waals surface area contributed by atoms with Crippen LogP contribution in [0.25, 0.3) is 11.1 Å². The van der Waals surface area contributed by atoms with Crippen LogP contribution in [0.5, 0.6) is 0 Å². The average Bonchev–Trinajstić information content (AvgIpc) is 2.29. The van der Waals surface area contributed by atoms with Gasteiger partial charge in [0.25, 0.3) is 0 Å². The van der Waals surface area contributed by atoms with Crippen LogP contribution in [-0.2, 0) is 12.8 Å². The first kappa shape index (κ1) is 7.25. The number of nitrogens with one attached hydrogen (secondary N) is 1. The average molecular weight is 175 g/mol. The Balaban J connectivity index is 2.19. The van der Waals surface area contributed by atoms with E-state index in [4.69, 9.17) is 4.52 Å². The van der Waals surface area contributed by atoms with Crippen LogP contribution >= 0.6 is 0 Å². The SMILES string of the molecule is c1cc2o[nH]c2c2c1CCCCC2. The van der Waals surface area contributed by atoms with Crippen LogP contribution in [0, 0.1) is 0 Å². The molecule has 0 amide bonds. The van der Waals surface area contributed by atoms with Gasteiger partial charge in [0.15, 0.2) is 5.58 Å². The highest BCUT2D eigenvalue weighted by Gasteiger charge is 2.14. The third-order valence-electron chi connectivity index (χ3n) is 3.01. The van der Waals surface area contributed by atoms with Gasteiger partial charge in [0, 0.05) is 0 Å². The van der Waals surface area contributed by atoms with Crippen molar-refractivity contribution >= 4 is 11.1 Å². The van der Waals surface area contributed by atoms with Crippen LogP contribution in [0.3, 0.4) is 0 Å². The molecule has 0 saturated heterocycles. The van der Waals surface area contributed by atoms with Crippen molar-refractivity contribution < 1.29 is 4.52 Å². The Kier molecular flexibility index (Phi) is 1.48. The predicted molar refractivity (Wildman–Crippen MR) is 51.8 cm³/mol. The normalized spacial score (nSPS) is 17.2. The van der Waals surface area contributed by atoms with E-state index in [1.54, 1.807) is 0 Å². The van der Waals surface area contributed by atoms with E-state index in [0.29, 0.717) is 0 Å². The molecule has 2 heteroatoms. The van der Waals surface area contributed by atoms with Crippen molar-refractivity contribution in [3.05, 3.63) is 23.3 Å². The molecule has 1 N–H and O–H groups in total. The third kappa shape index (κ3) is 1.01. The van der Waals surface area contributed by atoms with Gasteiger partial charge in [0.1, 0.15) is 5.52 Å². The van der Waals surface area contributed by atoms with Crippen molar-refractivity contribution in [2.24, 2.45) is 0 Å². The van der Waals surface area contributed by atoms with Gasteiger partial charge in [-0.3, -0.25) is 0 Å². The molecule has 68 valence electrons. The molecule has 0 spiro atoms. The molecular weight excluding hydrogens is 162 g/mol. The van der Waals surface area contributed by atoms with Crippen molar-refractivity contribution in [3.63, 3.8) is 0 Å². The number of hydrogen-bond donors (Lipinski definition) is 1. The van der Waals surface area contributed by atoms with Crippen LogP contribution in [0.1, 0.15) is 30.4 Å². The maximum absolute atomic E-state index is 5.13. The lowest BCUT2D eigenvalue weighted by molar-refractivity contribution is 0.422. The van der Waals surface area contributed by atoms with Gasteiger partial charge >= 0.3 is 0 Å². The Morgan fingerprint density at radius 3 is 2.85 bits per heavy atom. The van der Waals surface area contributed by atoms with Crippen LogP contribution in [0.2, 0.25) is 0 Å². The van der Waals surface area contributed by atoms with Gasteiger partial charge in [-0.05, 0) is 42.9 Å². The van der Waals surface area contributed by atoms with E-state index < -0.39 is 0 Å². The lowest BCUT2D eigenvalue weighted by Crippen LogP contribution is -1.96. The third-order valence-corrected chi connectivity index (χ3v) is 3.01. The summed E-state index contributed by atoms with van der Waals surface area (Å²) in [6.07, 6.45) is 6.49. The Bertz CT molecular complexity index is 424. The minimum Gasteiger partial charge on any atom is -0.380 e. The van der Waals surface area contributed by atoms with Gasteiger partial charge in [0.05, 0.1) is 0 Å². The summed E-state index contributed by atoms with van der Waals surface area (Å²) < 4.78 is 5.13. The molecular formula is C11H13NO. The molecule has 1 aromatic heterocycles. The molecule has 1 aliphatic carbocycles. The number of rotatable bonds is 0. The summed E-state index contributed by atoms with van der Waals surface area (Å²) in [7, 11) is 0. The topological polar surface area (TPSA) is 28.9 Å². The van der Waals surface area contributed by atoms with Crippen molar-refractivity contribution in [2.45, 2.75) is 32.1 Å². The second kappa shape index (κ2) is 2.66. The summed E-state index contributed by atoms with van der Waals surface area (Å²) in [5.74, 6) is 0. The molecule has 0 unspecified atom stereocenters. The zero-order valence-electron chi connectivity index (χ0n) is 7.60. The molecule has 1 aliphatic rings. The summed E-state index contributed by atoms with van der Waals surface area (Å²) in [5.41, 5.74) is 5.30. The van der Waals surface area contributed by atoms with Gasteiger partial charge in [0.2, 0.25) is 0 Å². The van der Waals surface area contributed by atoms with E-state index in [1.165, 1.54) is 48.7 Å². The highest BCUT2D eigenvalue weighted by molar-refractivity contribution is 5.78. The summed E-state index contributed by atoms with van der Waals surface area (Å²) in [6.45, 7) is 0. The van der Waals surface area contributed by atoms with Crippen LogP contribution in [0.4, 0.5) is 0 Å². The second-order valence-electron chi connectivity index (χ2n) is 3.84. The quantitative estimate of drug-likeness (QED) is 0.612. The van der Waals surface area contributed by atoms with Gasteiger partial charge in [-0.2, -0.15) is 0 Å². The Morgan fingerprint density at radius 1 is 1.08 bits per heavy atom. The Morgan fingerprint density at radius 2 is 2.00 bits per heavy atom. The summed E-state index contributed by atoms with van der Waals surface area (Å²) >= 11 is 0. The predicted octanol–water partition coefficient (Wildman–Crippen LogP) is 3.03. The van der Waals surface area contributed by atoms with E-state index in [2.05, 4.69) is 17.3 Å². The Hall–Kier alpha value is -1.18. The molecule has 0 saturated carbocycles.